The molecule has 0 radical (unpaired) electrons. The molecule has 0 saturated carbocycles. The van der Waals surface area contributed by atoms with Crippen molar-refractivity contribution in [3.05, 3.63) is 47.9 Å². The van der Waals surface area contributed by atoms with E-state index in [4.69, 9.17) is 4.42 Å². The lowest BCUT2D eigenvalue weighted by Crippen LogP contribution is -2.50. The number of carbonyl (C=O) groups excluding carboxylic acids is 2. The molecule has 1 aromatic carbocycles. The zero-order valence-corrected chi connectivity index (χ0v) is 18.9. The molecule has 32 heavy (non-hydrogen) atoms. The first kappa shape index (κ1) is 22.5. The molecule has 172 valence electrons. The van der Waals surface area contributed by atoms with Crippen LogP contribution in [0.5, 0.6) is 0 Å². The van der Waals surface area contributed by atoms with E-state index in [1.54, 1.807) is 42.2 Å². The lowest BCUT2D eigenvalue weighted by molar-refractivity contribution is -0.117. The Balaban J connectivity index is 1.30. The lowest BCUT2D eigenvalue weighted by Gasteiger charge is -2.33. The SMILES string of the molecule is Cc1ccc(C(=O)N2CCN(CC(=O)Nc3cccc(S(=O)(=O)N4CCCC4)c3)CC2)o1. The highest BCUT2D eigenvalue weighted by molar-refractivity contribution is 7.89. The summed E-state index contributed by atoms with van der Waals surface area (Å²) in [6.45, 7) is 5.20. The van der Waals surface area contributed by atoms with Gasteiger partial charge in [-0.1, -0.05) is 6.07 Å². The van der Waals surface area contributed by atoms with Gasteiger partial charge >= 0.3 is 0 Å². The predicted octanol–water partition coefficient (Wildman–Crippen LogP) is 1.77. The number of benzene rings is 1. The number of sulfonamides is 1. The average Bonchev–Trinajstić information content (AvgIpc) is 3.46. The smallest absolute Gasteiger partial charge is 0.289 e. The standard InChI is InChI=1S/C22H28N4O5S/c1-17-7-8-20(31-17)22(28)25-13-11-24(12-14-25)16-21(27)23-18-5-4-6-19(15-18)32(29,30)26-9-2-3-10-26/h4-8,15H,2-3,9-14,16H2,1H3,(H,23,27). The highest BCUT2D eigenvalue weighted by Gasteiger charge is 2.28. The Bertz CT molecular complexity index is 1080. The number of carbonyl (C=O) groups is 2. The van der Waals surface area contributed by atoms with E-state index in [0.717, 1.165) is 12.8 Å². The molecule has 0 spiro atoms. The molecule has 1 aromatic heterocycles. The van der Waals surface area contributed by atoms with Crippen molar-refractivity contribution in [1.82, 2.24) is 14.1 Å². The number of hydrogen-bond acceptors (Lipinski definition) is 6. The highest BCUT2D eigenvalue weighted by atomic mass is 32.2. The van der Waals surface area contributed by atoms with E-state index < -0.39 is 10.0 Å². The van der Waals surface area contributed by atoms with Crippen molar-refractivity contribution < 1.29 is 22.4 Å². The van der Waals surface area contributed by atoms with Gasteiger partial charge in [-0.25, -0.2) is 8.42 Å². The quantitative estimate of drug-likeness (QED) is 0.705. The van der Waals surface area contributed by atoms with Crippen molar-refractivity contribution in [2.24, 2.45) is 0 Å². The first-order valence-electron chi connectivity index (χ1n) is 10.8. The Morgan fingerprint density at radius 1 is 1.00 bits per heavy atom. The summed E-state index contributed by atoms with van der Waals surface area (Å²) in [6.07, 6.45) is 1.74. The molecule has 2 aromatic rings. The summed E-state index contributed by atoms with van der Waals surface area (Å²) >= 11 is 0. The first-order chi connectivity index (χ1) is 15.3. The zero-order chi connectivity index (χ0) is 22.7. The monoisotopic (exact) mass is 460 g/mol. The maximum absolute atomic E-state index is 12.7. The molecule has 1 N–H and O–H groups in total. The van der Waals surface area contributed by atoms with E-state index in [9.17, 15) is 18.0 Å². The van der Waals surface area contributed by atoms with Crippen molar-refractivity contribution in [2.45, 2.75) is 24.7 Å². The molecule has 0 aliphatic carbocycles. The number of amides is 2. The van der Waals surface area contributed by atoms with Gasteiger partial charge < -0.3 is 14.6 Å². The number of aryl methyl sites for hydroxylation is 1. The number of rotatable bonds is 6. The number of furan rings is 1. The van der Waals surface area contributed by atoms with Gasteiger partial charge in [0.1, 0.15) is 5.76 Å². The highest BCUT2D eigenvalue weighted by Crippen LogP contribution is 2.23. The van der Waals surface area contributed by atoms with Gasteiger partial charge in [0.25, 0.3) is 5.91 Å². The lowest BCUT2D eigenvalue weighted by atomic mass is 10.2. The number of anilines is 1. The Hall–Kier alpha value is -2.69. The molecule has 3 heterocycles. The molecular formula is C22H28N4O5S. The van der Waals surface area contributed by atoms with E-state index in [2.05, 4.69) is 5.32 Å². The predicted molar refractivity (Wildman–Crippen MR) is 119 cm³/mol. The van der Waals surface area contributed by atoms with Gasteiger partial charge in [0.2, 0.25) is 15.9 Å². The topological polar surface area (TPSA) is 103 Å². The van der Waals surface area contributed by atoms with E-state index >= 15 is 0 Å². The van der Waals surface area contributed by atoms with Crippen LogP contribution in [0.4, 0.5) is 5.69 Å². The van der Waals surface area contributed by atoms with Crippen molar-refractivity contribution in [1.29, 1.82) is 0 Å². The maximum Gasteiger partial charge on any atom is 0.289 e. The van der Waals surface area contributed by atoms with Crippen LogP contribution in [0.15, 0.2) is 45.7 Å². The summed E-state index contributed by atoms with van der Waals surface area (Å²) in [6, 6.07) is 9.82. The average molecular weight is 461 g/mol. The van der Waals surface area contributed by atoms with Crippen LogP contribution in [0.3, 0.4) is 0 Å². The van der Waals surface area contributed by atoms with Crippen LogP contribution >= 0.6 is 0 Å². The van der Waals surface area contributed by atoms with Gasteiger partial charge in [0.05, 0.1) is 11.4 Å². The fourth-order valence-electron chi connectivity index (χ4n) is 4.03. The van der Waals surface area contributed by atoms with Crippen LogP contribution in [0.25, 0.3) is 0 Å². The van der Waals surface area contributed by atoms with Gasteiger partial charge in [-0.05, 0) is 50.1 Å². The second kappa shape index (κ2) is 9.43. The summed E-state index contributed by atoms with van der Waals surface area (Å²) in [5, 5.41) is 2.80. The van der Waals surface area contributed by atoms with E-state index in [0.29, 0.717) is 56.5 Å². The van der Waals surface area contributed by atoms with Gasteiger partial charge in [-0.15, -0.1) is 0 Å². The van der Waals surface area contributed by atoms with E-state index in [-0.39, 0.29) is 23.3 Å². The minimum atomic E-state index is -3.53. The van der Waals surface area contributed by atoms with Gasteiger partial charge in [0.15, 0.2) is 5.76 Å². The van der Waals surface area contributed by atoms with Crippen molar-refractivity contribution in [3.63, 3.8) is 0 Å². The van der Waals surface area contributed by atoms with Crippen molar-refractivity contribution >= 4 is 27.5 Å². The first-order valence-corrected chi connectivity index (χ1v) is 12.2. The molecule has 0 atom stereocenters. The third-order valence-electron chi connectivity index (χ3n) is 5.80. The molecule has 2 amide bonds. The number of nitrogens with one attached hydrogen (secondary N) is 1. The zero-order valence-electron chi connectivity index (χ0n) is 18.1. The van der Waals surface area contributed by atoms with Crippen LogP contribution in [0, 0.1) is 6.92 Å². The molecular weight excluding hydrogens is 432 g/mol. The number of nitrogens with zero attached hydrogens (tertiary/aromatic N) is 3. The van der Waals surface area contributed by atoms with Crippen LogP contribution in [0.1, 0.15) is 29.2 Å². The fourth-order valence-corrected chi connectivity index (χ4v) is 5.59. The summed E-state index contributed by atoms with van der Waals surface area (Å²) in [5.41, 5.74) is 0.456. The largest absolute Gasteiger partial charge is 0.456 e. The number of hydrogen-bond donors (Lipinski definition) is 1. The second-order valence-electron chi connectivity index (χ2n) is 8.17. The molecule has 2 saturated heterocycles. The van der Waals surface area contributed by atoms with Gasteiger partial charge in [-0.3, -0.25) is 14.5 Å². The Labute approximate surface area is 188 Å². The summed E-state index contributed by atoms with van der Waals surface area (Å²) in [7, 11) is -3.53. The summed E-state index contributed by atoms with van der Waals surface area (Å²) in [5.74, 6) is 0.666. The number of piperazine rings is 1. The van der Waals surface area contributed by atoms with E-state index in [1.165, 1.54) is 10.4 Å². The Kier molecular flexibility index (Phi) is 6.63. The minimum absolute atomic E-state index is 0.141. The Morgan fingerprint density at radius 2 is 1.72 bits per heavy atom. The molecule has 2 aliphatic heterocycles. The maximum atomic E-state index is 12.7. The molecule has 2 fully saturated rings. The normalized spacial score (nSPS) is 18.1. The summed E-state index contributed by atoms with van der Waals surface area (Å²) in [4.78, 5) is 28.9. The Morgan fingerprint density at radius 3 is 2.38 bits per heavy atom. The van der Waals surface area contributed by atoms with Gasteiger partial charge in [-0.2, -0.15) is 4.31 Å². The van der Waals surface area contributed by atoms with Gasteiger partial charge in [0, 0.05) is 45.0 Å². The third kappa shape index (κ3) is 5.03. The van der Waals surface area contributed by atoms with Crippen LogP contribution in [-0.2, 0) is 14.8 Å². The van der Waals surface area contributed by atoms with Crippen LogP contribution in [-0.4, -0.2) is 80.2 Å². The van der Waals surface area contributed by atoms with Crippen molar-refractivity contribution in [2.75, 3.05) is 51.1 Å². The molecule has 2 aliphatic rings. The summed E-state index contributed by atoms with van der Waals surface area (Å²) < 4.78 is 32.4. The van der Waals surface area contributed by atoms with Crippen molar-refractivity contribution in [3.8, 4) is 0 Å². The molecule has 0 bridgehead atoms. The molecule has 4 rings (SSSR count). The van der Waals surface area contributed by atoms with Crippen LogP contribution in [0.2, 0.25) is 0 Å². The molecule has 0 unspecified atom stereocenters. The fraction of sp³-hybridized carbons (Fsp3) is 0.455. The molecule has 9 nitrogen and oxygen atoms in total. The second-order valence-corrected chi connectivity index (χ2v) is 10.1. The van der Waals surface area contributed by atoms with Crippen LogP contribution < -0.4 is 5.32 Å². The van der Waals surface area contributed by atoms with E-state index in [1.807, 2.05) is 4.90 Å². The third-order valence-corrected chi connectivity index (χ3v) is 7.69. The minimum Gasteiger partial charge on any atom is -0.456 e. The molecule has 10 heteroatoms.